The van der Waals surface area contributed by atoms with E-state index in [2.05, 4.69) is 20.3 Å². The summed E-state index contributed by atoms with van der Waals surface area (Å²) in [6.45, 7) is 0. The molecule has 4 rings (SSSR count). The lowest BCUT2D eigenvalue weighted by atomic mass is 10.2. The Balaban J connectivity index is 1.54. The van der Waals surface area contributed by atoms with Crippen molar-refractivity contribution in [1.29, 1.82) is 0 Å². The number of aromatic nitrogens is 3. The van der Waals surface area contributed by atoms with Crippen molar-refractivity contribution in [2.75, 3.05) is 5.32 Å². The molecule has 28 heavy (non-hydrogen) atoms. The van der Waals surface area contributed by atoms with Crippen molar-refractivity contribution in [3.8, 4) is 22.9 Å². The van der Waals surface area contributed by atoms with Gasteiger partial charge in [0.25, 0.3) is 5.91 Å². The van der Waals surface area contributed by atoms with Gasteiger partial charge < -0.3 is 4.74 Å². The number of halogens is 1. The zero-order valence-electron chi connectivity index (χ0n) is 14.4. The number of nitrogens with one attached hydrogen (secondary N) is 1. The van der Waals surface area contributed by atoms with E-state index in [9.17, 15) is 9.18 Å². The van der Waals surface area contributed by atoms with Crippen LogP contribution >= 0.6 is 11.3 Å². The standard InChI is InChI=1S/C20H13FN4O2S/c21-16-8-2-1-6-14(16)17-12-28-20(24-17)25-18(26)15-7-4-10-23-19(15)27-13-5-3-9-22-11-13/h1-12H,(H,24,25,26). The summed E-state index contributed by atoms with van der Waals surface area (Å²) in [5.41, 5.74) is 1.08. The molecule has 0 aliphatic carbocycles. The Labute approximate surface area is 163 Å². The smallest absolute Gasteiger partial charge is 0.262 e. The van der Waals surface area contributed by atoms with Gasteiger partial charge in [0.15, 0.2) is 5.13 Å². The normalized spacial score (nSPS) is 10.5. The van der Waals surface area contributed by atoms with Crippen LogP contribution < -0.4 is 10.1 Å². The highest BCUT2D eigenvalue weighted by Crippen LogP contribution is 2.28. The number of carbonyl (C=O) groups excluding carboxylic acids is 1. The molecule has 6 nitrogen and oxygen atoms in total. The summed E-state index contributed by atoms with van der Waals surface area (Å²) in [6, 6.07) is 13.0. The minimum Gasteiger partial charge on any atom is -0.437 e. The van der Waals surface area contributed by atoms with Crippen LogP contribution in [0.3, 0.4) is 0 Å². The molecule has 0 atom stereocenters. The minimum absolute atomic E-state index is 0.152. The Kier molecular flexibility index (Phi) is 5.03. The van der Waals surface area contributed by atoms with Crippen molar-refractivity contribution >= 4 is 22.4 Å². The van der Waals surface area contributed by atoms with Crippen LogP contribution in [-0.4, -0.2) is 20.9 Å². The third kappa shape index (κ3) is 3.86. The minimum atomic E-state index is -0.429. The summed E-state index contributed by atoms with van der Waals surface area (Å²) >= 11 is 1.20. The molecule has 1 amide bonds. The number of amides is 1. The number of ether oxygens (including phenoxy) is 1. The SMILES string of the molecule is O=C(Nc1nc(-c2ccccc2F)cs1)c1cccnc1Oc1cccnc1. The molecule has 1 aromatic carbocycles. The molecule has 0 radical (unpaired) electrons. The summed E-state index contributed by atoms with van der Waals surface area (Å²) < 4.78 is 19.6. The highest BCUT2D eigenvalue weighted by molar-refractivity contribution is 7.14. The van der Waals surface area contributed by atoms with Crippen LogP contribution in [0.4, 0.5) is 9.52 Å². The summed E-state index contributed by atoms with van der Waals surface area (Å²) in [4.78, 5) is 25.1. The fourth-order valence-electron chi connectivity index (χ4n) is 2.45. The topological polar surface area (TPSA) is 77.0 Å². The number of carbonyl (C=O) groups is 1. The number of hydrogen-bond donors (Lipinski definition) is 1. The second-order valence-corrected chi connectivity index (χ2v) is 6.48. The maximum Gasteiger partial charge on any atom is 0.262 e. The lowest BCUT2D eigenvalue weighted by Gasteiger charge is -2.08. The lowest BCUT2D eigenvalue weighted by molar-refractivity contribution is 0.102. The maximum absolute atomic E-state index is 13.9. The summed E-state index contributed by atoms with van der Waals surface area (Å²) in [6.07, 6.45) is 4.68. The predicted octanol–water partition coefficient (Wildman–Crippen LogP) is 4.78. The molecule has 0 saturated carbocycles. The molecule has 0 spiro atoms. The van der Waals surface area contributed by atoms with Crippen LogP contribution in [0.25, 0.3) is 11.3 Å². The van der Waals surface area contributed by atoms with E-state index in [1.54, 1.807) is 54.0 Å². The van der Waals surface area contributed by atoms with Crippen LogP contribution in [0.2, 0.25) is 0 Å². The Morgan fingerprint density at radius 3 is 2.75 bits per heavy atom. The van der Waals surface area contributed by atoms with Crippen molar-refractivity contribution in [3.63, 3.8) is 0 Å². The van der Waals surface area contributed by atoms with Crippen LogP contribution in [0, 0.1) is 5.82 Å². The summed E-state index contributed by atoms with van der Waals surface area (Å²) in [5.74, 6) is -0.184. The fraction of sp³-hybridized carbons (Fsp3) is 0. The second kappa shape index (κ2) is 7.93. The second-order valence-electron chi connectivity index (χ2n) is 5.62. The third-order valence-corrected chi connectivity index (χ3v) is 4.50. The predicted molar refractivity (Wildman–Crippen MR) is 104 cm³/mol. The number of rotatable bonds is 5. The van der Waals surface area contributed by atoms with Crippen molar-refractivity contribution in [3.05, 3.63) is 83.9 Å². The highest BCUT2D eigenvalue weighted by atomic mass is 32.1. The van der Waals surface area contributed by atoms with Crippen molar-refractivity contribution < 1.29 is 13.9 Å². The van der Waals surface area contributed by atoms with E-state index in [1.165, 1.54) is 29.8 Å². The molecule has 3 heterocycles. The molecule has 4 aromatic rings. The molecular formula is C20H13FN4O2S. The largest absolute Gasteiger partial charge is 0.437 e. The van der Waals surface area contributed by atoms with Crippen LogP contribution in [0.1, 0.15) is 10.4 Å². The van der Waals surface area contributed by atoms with E-state index in [-0.39, 0.29) is 17.3 Å². The molecular weight excluding hydrogens is 379 g/mol. The van der Waals surface area contributed by atoms with E-state index in [4.69, 9.17) is 4.74 Å². The Morgan fingerprint density at radius 1 is 1.07 bits per heavy atom. The number of hydrogen-bond acceptors (Lipinski definition) is 6. The quantitative estimate of drug-likeness (QED) is 0.529. The zero-order chi connectivity index (χ0) is 19.3. The van der Waals surface area contributed by atoms with Gasteiger partial charge in [0.05, 0.1) is 11.9 Å². The number of thiazole rings is 1. The first kappa shape index (κ1) is 17.7. The van der Waals surface area contributed by atoms with Crippen LogP contribution in [0.5, 0.6) is 11.6 Å². The molecule has 0 unspecified atom stereocenters. The monoisotopic (exact) mass is 392 g/mol. The van der Waals surface area contributed by atoms with Crippen LogP contribution in [-0.2, 0) is 0 Å². The molecule has 0 saturated heterocycles. The van der Waals surface area contributed by atoms with Crippen molar-refractivity contribution in [2.24, 2.45) is 0 Å². The average molecular weight is 392 g/mol. The van der Waals surface area contributed by atoms with Gasteiger partial charge in [0.2, 0.25) is 5.88 Å². The zero-order valence-corrected chi connectivity index (χ0v) is 15.2. The first-order valence-corrected chi connectivity index (χ1v) is 9.13. The van der Waals surface area contributed by atoms with Gasteiger partial charge in [-0.2, -0.15) is 0 Å². The van der Waals surface area contributed by atoms with Gasteiger partial charge in [-0.3, -0.25) is 15.1 Å². The molecule has 0 aliphatic heterocycles. The van der Waals surface area contributed by atoms with E-state index >= 15 is 0 Å². The van der Waals surface area contributed by atoms with Crippen molar-refractivity contribution in [1.82, 2.24) is 15.0 Å². The van der Waals surface area contributed by atoms with Gasteiger partial charge in [0, 0.05) is 23.3 Å². The number of nitrogens with zero attached hydrogens (tertiary/aromatic N) is 3. The Morgan fingerprint density at radius 2 is 1.93 bits per heavy atom. The van der Waals surface area contributed by atoms with Crippen LogP contribution in [0.15, 0.2) is 72.5 Å². The Bertz CT molecular complexity index is 1120. The molecule has 138 valence electrons. The molecule has 0 fully saturated rings. The molecule has 0 bridgehead atoms. The van der Waals surface area contributed by atoms with Gasteiger partial charge in [-0.15, -0.1) is 11.3 Å². The fourth-order valence-corrected chi connectivity index (χ4v) is 3.16. The van der Waals surface area contributed by atoms with Gasteiger partial charge in [-0.1, -0.05) is 12.1 Å². The molecule has 8 heteroatoms. The van der Waals surface area contributed by atoms with E-state index in [1.807, 2.05) is 0 Å². The number of benzene rings is 1. The highest BCUT2D eigenvalue weighted by Gasteiger charge is 2.17. The number of anilines is 1. The molecule has 1 N–H and O–H groups in total. The first-order chi connectivity index (χ1) is 13.7. The first-order valence-electron chi connectivity index (χ1n) is 8.25. The van der Waals surface area contributed by atoms with Gasteiger partial charge in [-0.25, -0.2) is 14.4 Å². The van der Waals surface area contributed by atoms with E-state index in [0.717, 1.165) is 0 Å². The van der Waals surface area contributed by atoms with Gasteiger partial charge in [0.1, 0.15) is 17.1 Å². The maximum atomic E-state index is 13.9. The number of pyridine rings is 2. The van der Waals surface area contributed by atoms with Gasteiger partial charge in [-0.05, 0) is 36.4 Å². The lowest BCUT2D eigenvalue weighted by Crippen LogP contribution is -2.13. The summed E-state index contributed by atoms with van der Waals surface area (Å²) in [7, 11) is 0. The molecule has 0 aliphatic rings. The average Bonchev–Trinajstić information content (AvgIpc) is 3.17. The Hall–Kier alpha value is -3.65. The van der Waals surface area contributed by atoms with E-state index in [0.29, 0.717) is 22.1 Å². The third-order valence-electron chi connectivity index (χ3n) is 3.74. The van der Waals surface area contributed by atoms with Crippen molar-refractivity contribution in [2.45, 2.75) is 0 Å². The van der Waals surface area contributed by atoms with E-state index < -0.39 is 5.91 Å². The van der Waals surface area contributed by atoms with Gasteiger partial charge >= 0.3 is 0 Å². The molecule has 3 aromatic heterocycles. The summed E-state index contributed by atoms with van der Waals surface area (Å²) in [5, 5.41) is 4.74.